The lowest BCUT2D eigenvalue weighted by Crippen LogP contribution is -2.34. The van der Waals surface area contributed by atoms with Crippen molar-refractivity contribution in [3.63, 3.8) is 0 Å². The van der Waals surface area contributed by atoms with E-state index in [1.165, 1.54) is 0 Å². The number of nitrogens with one attached hydrogen (secondary N) is 2. The number of hydrogen-bond acceptors (Lipinski definition) is 4. The molecule has 1 aromatic carbocycles. The number of esters is 1. The lowest BCUT2D eigenvalue weighted by Gasteiger charge is -2.13. The molecule has 0 heterocycles. The number of ether oxygens (including phenoxy) is 2. The highest BCUT2D eigenvalue weighted by Gasteiger charge is 2.07. The van der Waals surface area contributed by atoms with Gasteiger partial charge in [0.1, 0.15) is 12.3 Å². The lowest BCUT2D eigenvalue weighted by atomic mass is 10.2. The Morgan fingerprint density at radius 3 is 2.79 bits per heavy atom. The number of hydrogen-bond donors (Lipinski definition) is 2. The molecule has 0 fully saturated rings. The van der Waals surface area contributed by atoms with Crippen LogP contribution in [-0.4, -0.2) is 31.3 Å². The highest BCUT2D eigenvalue weighted by atomic mass is 32.1. The predicted molar refractivity (Wildman–Crippen MR) is 78.6 cm³/mol. The molecule has 0 aliphatic rings. The van der Waals surface area contributed by atoms with E-state index in [0.29, 0.717) is 17.5 Å². The highest BCUT2D eigenvalue weighted by Crippen LogP contribution is 2.24. The van der Waals surface area contributed by atoms with Crippen molar-refractivity contribution in [1.29, 1.82) is 0 Å². The molecule has 0 atom stereocenters. The van der Waals surface area contributed by atoms with Crippen LogP contribution in [0.25, 0.3) is 0 Å². The Kier molecular flexibility index (Phi) is 6.08. The van der Waals surface area contributed by atoms with Crippen molar-refractivity contribution in [1.82, 2.24) is 5.32 Å². The van der Waals surface area contributed by atoms with Crippen LogP contribution < -0.4 is 15.4 Å². The highest BCUT2D eigenvalue weighted by molar-refractivity contribution is 7.80. The molecule has 0 saturated carbocycles. The van der Waals surface area contributed by atoms with Gasteiger partial charge in [-0.2, -0.15) is 0 Å². The van der Waals surface area contributed by atoms with Gasteiger partial charge in [0.25, 0.3) is 0 Å². The topological polar surface area (TPSA) is 59.6 Å². The zero-order valence-corrected chi connectivity index (χ0v) is 12.1. The Bertz CT molecular complexity index is 463. The van der Waals surface area contributed by atoms with Crippen molar-refractivity contribution in [2.45, 2.75) is 13.8 Å². The van der Waals surface area contributed by atoms with Gasteiger partial charge in [-0.1, -0.05) is 6.07 Å². The van der Waals surface area contributed by atoms with Gasteiger partial charge in [0.2, 0.25) is 0 Å². The van der Waals surface area contributed by atoms with Crippen LogP contribution in [0.4, 0.5) is 5.69 Å². The summed E-state index contributed by atoms with van der Waals surface area (Å²) in [6.07, 6.45) is 0. The van der Waals surface area contributed by atoms with Crippen LogP contribution in [-0.2, 0) is 9.53 Å². The maximum absolute atomic E-state index is 11.2. The number of rotatable bonds is 5. The van der Waals surface area contributed by atoms with Gasteiger partial charge in [-0.15, -0.1) is 0 Å². The number of carbonyl (C=O) groups excluding carboxylic acids is 1. The number of carbonyl (C=O) groups is 1. The molecule has 0 saturated heterocycles. The summed E-state index contributed by atoms with van der Waals surface area (Å²) < 4.78 is 10.0. The molecule has 0 aromatic heterocycles. The van der Waals surface area contributed by atoms with Gasteiger partial charge in [0, 0.05) is 0 Å². The minimum Gasteiger partial charge on any atom is -0.495 e. The maximum atomic E-state index is 11.2. The van der Waals surface area contributed by atoms with Crippen LogP contribution in [0.2, 0.25) is 0 Å². The Morgan fingerprint density at radius 1 is 1.42 bits per heavy atom. The Labute approximate surface area is 118 Å². The monoisotopic (exact) mass is 282 g/mol. The SMILES string of the molecule is CCOC(=O)CNC(=S)Nc1cc(C)ccc1OC. The Morgan fingerprint density at radius 2 is 2.16 bits per heavy atom. The number of thiocarbonyl (C=S) groups is 1. The fraction of sp³-hybridized carbons (Fsp3) is 0.385. The van der Waals surface area contributed by atoms with Gasteiger partial charge >= 0.3 is 5.97 Å². The summed E-state index contributed by atoms with van der Waals surface area (Å²) in [6, 6.07) is 5.71. The third kappa shape index (κ3) is 5.13. The van der Waals surface area contributed by atoms with E-state index < -0.39 is 0 Å². The molecule has 1 aromatic rings. The van der Waals surface area contributed by atoms with E-state index in [4.69, 9.17) is 21.7 Å². The summed E-state index contributed by atoms with van der Waals surface area (Å²) in [6.45, 7) is 4.12. The van der Waals surface area contributed by atoms with E-state index in [1.54, 1.807) is 14.0 Å². The molecule has 0 bridgehead atoms. The molecule has 0 radical (unpaired) electrons. The number of aryl methyl sites for hydroxylation is 1. The normalized spacial score (nSPS) is 9.63. The Hall–Kier alpha value is -1.82. The Balaban J connectivity index is 2.57. The quantitative estimate of drug-likeness (QED) is 0.635. The molecule has 19 heavy (non-hydrogen) atoms. The predicted octanol–water partition coefficient (Wildman–Crippen LogP) is 1.85. The van der Waals surface area contributed by atoms with Crippen LogP contribution in [0.3, 0.4) is 0 Å². The average Bonchev–Trinajstić information content (AvgIpc) is 2.37. The fourth-order valence-corrected chi connectivity index (χ4v) is 1.63. The second-order valence-corrected chi connectivity index (χ2v) is 4.22. The van der Waals surface area contributed by atoms with E-state index in [9.17, 15) is 4.79 Å². The van der Waals surface area contributed by atoms with E-state index in [1.807, 2.05) is 25.1 Å². The summed E-state index contributed by atoms with van der Waals surface area (Å²) in [5.74, 6) is 0.341. The van der Waals surface area contributed by atoms with Crippen molar-refractivity contribution in [2.24, 2.45) is 0 Å². The number of benzene rings is 1. The van der Waals surface area contributed by atoms with Crippen LogP contribution in [0.1, 0.15) is 12.5 Å². The van der Waals surface area contributed by atoms with Gasteiger partial charge < -0.3 is 20.1 Å². The summed E-state index contributed by atoms with van der Waals surface area (Å²) in [7, 11) is 1.59. The minimum absolute atomic E-state index is 0.0355. The van der Waals surface area contributed by atoms with Gasteiger partial charge in [0.05, 0.1) is 19.4 Å². The van der Waals surface area contributed by atoms with Gasteiger partial charge in [0.15, 0.2) is 5.11 Å². The lowest BCUT2D eigenvalue weighted by molar-refractivity contribution is -0.141. The number of methoxy groups -OCH3 is 1. The van der Waals surface area contributed by atoms with E-state index in [-0.39, 0.29) is 12.5 Å². The second kappa shape index (κ2) is 7.58. The third-order valence-electron chi connectivity index (χ3n) is 2.30. The van der Waals surface area contributed by atoms with Crippen molar-refractivity contribution in [3.8, 4) is 5.75 Å². The van der Waals surface area contributed by atoms with Gasteiger partial charge in [-0.05, 0) is 43.8 Å². The molecule has 0 amide bonds. The van der Waals surface area contributed by atoms with Crippen molar-refractivity contribution in [3.05, 3.63) is 23.8 Å². The summed E-state index contributed by atoms with van der Waals surface area (Å²) in [5.41, 5.74) is 1.83. The zero-order chi connectivity index (χ0) is 14.3. The first-order valence-corrected chi connectivity index (χ1v) is 6.32. The molecule has 5 nitrogen and oxygen atoms in total. The van der Waals surface area contributed by atoms with E-state index >= 15 is 0 Å². The first kappa shape index (κ1) is 15.2. The first-order valence-electron chi connectivity index (χ1n) is 5.92. The number of anilines is 1. The van der Waals surface area contributed by atoms with Crippen molar-refractivity contribution < 1.29 is 14.3 Å². The molecule has 0 spiro atoms. The van der Waals surface area contributed by atoms with Crippen molar-refractivity contribution >= 4 is 29.0 Å². The van der Waals surface area contributed by atoms with Crippen LogP contribution in [0.5, 0.6) is 5.75 Å². The third-order valence-corrected chi connectivity index (χ3v) is 2.55. The summed E-state index contributed by atoms with van der Waals surface area (Å²) in [4.78, 5) is 11.2. The van der Waals surface area contributed by atoms with Crippen molar-refractivity contribution in [2.75, 3.05) is 25.6 Å². The summed E-state index contributed by atoms with van der Waals surface area (Å²) in [5, 5.41) is 6.11. The molecule has 104 valence electrons. The average molecular weight is 282 g/mol. The summed E-state index contributed by atoms with van der Waals surface area (Å²) >= 11 is 5.10. The standard InChI is InChI=1S/C13H18N2O3S/c1-4-18-12(16)8-14-13(19)15-10-7-9(2)5-6-11(10)17-3/h5-7H,4,8H2,1-3H3,(H2,14,15,19). The largest absolute Gasteiger partial charge is 0.495 e. The van der Waals surface area contributed by atoms with Crippen LogP contribution >= 0.6 is 12.2 Å². The van der Waals surface area contributed by atoms with Gasteiger partial charge in [-0.25, -0.2) is 0 Å². The molecule has 6 heteroatoms. The van der Waals surface area contributed by atoms with Crippen LogP contribution in [0, 0.1) is 6.92 Å². The molecule has 0 unspecified atom stereocenters. The van der Waals surface area contributed by atoms with Gasteiger partial charge in [-0.3, -0.25) is 4.79 Å². The fourth-order valence-electron chi connectivity index (χ4n) is 1.45. The van der Waals surface area contributed by atoms with Crippen LogP contribution in [0.15, 0.2) is 18.2 Å². The van der Waals surface area contributed by atoms with E-state index in [2.05, 4.69) is 10.6 Å². The molecule has 2 N–H and O–H groups in total. The zero-order valence-electron chi connectivity index (χ0n) is 11.3. The molecule has 0 aliphatic carbocycles. The molecular weight excluding hydrogens is 264 g/mol. The molecular formula is C13H18N2O3S. The minimum atomic E-state index is -0.345. The molecule has 1 rings (SSSR count). The molecule has 0 aliphatic heterocycles. The second-order valence-electron chi connectivity index (χ2n) is 3.82. The maximum Gasteiger partial charge on any atom is 0.325 e. The smallest absolute Gasteiger partial charge is 0.325 e. The van der Waals surface area contributed by atoms with E-state index in [0.717, 1.165) is 11.3 Å². The first-order chi connectivity index (χ1) is 9.06.